The molecular formula is C33H35N3O5. The van der Waals surface area contributed by atoms with Crippen LogP contribution in [0.4, 0.5) is 4.79 Å². The average Bonchev–Trinajstić information content (AvgIpc) is 3.39. The quantitative estimate of drug-likeness (QED) is 0.344. The van der Waals surface area contributed by atoms with Crippen LogP contribution in [0.3, 0.4) is 0 Å². The molecule has 3 aromatic rings. The molecular weight excluding hydrogens is 518 g/mol. The zero-order valence-corrected chi connectivity index (χ0v) is 23.1. The normalized spacial score (nSPS) is 22.8. The number of carboxylic acid groups (broad SMARTS) is 1. The summed E-state index contributed by atoms with van der Waals surface area (Å²) in [5.41, 5.74) is 5.11. The fraction of sp³-hybridized carbons (Fsp3) is 0.364. The van der Waals surface area contributed by atoms with E-state index in [1.54, 1.807) is 0 Å². The van der Waals surface area contributed by atoms with Crippen LogP contribution in [-0.4, -0.2) is 60.3 Å². The van der Waals surface area contributed by atoms with E-state index in [2.05, 4.69) is 34.9 Å². The molecule has 8 heteroatoms. The standard InChI is InChI=1S/C33H35N3O5/c1-36(18-21-9-3-2-4-10-21)19-29(30(37)38)35-31(39)33-16-22(33)15-23(17-33)34-32(40)41-20-28-26-13-7-5-11-24(26)25-12-6-8-14-27(25)28/h2-14,22-23,28-29H,15-20H2,1H3,(H,34,40)(H,35,39)(H,37,38)/t22-,23+,29?,33+/m1/s1. The van der Waals surface area contributed by atoms with Gasteiger partial charge in [-0.05, 0) is 60.0 Å². The Balaban J connectivity index is 1.01. The molecule has 2 fully saturated rings. The molecule has 0 aromatic heterocycles. The van der Waals surface area contributed by atoms with Gasteiger partial charge in [-0.15, -0.1) is 0 Å². The molecule has 8 nitrogen and oxygen atoms in total. The number of hydrogen-bond donors (Lipinski definition) is 3. The summed E-state index contributed by atoms with van der Waals surface area (Å²) in [6.07, 6.45) is 1.40. The third-order valence-corrected chi connectivity index (χ3v) is 8.92. The molecule has 0 spiro atoms. The minimum Gasteiger partial charge on any atom is -0.480 e. The second-order valence-corrected chi connectivity index (χ2v) is 11.7. The van der Waals surface area contributed by atoms with Gasteiger partial charge in [0.05, 0.1) is 5.41 Å². The van der Waals surface area contributed by atoms with Crippen molar-refractivity contribution in [3.05, 3.63) is 95.6 Å². The van der Waals surface area contributed by atoms with Gasteiger partial charge in [-0.1, -0.05) is 78.9 Å². The molecule has 41 heavy (non-hydrogen) atoms. The van der Waals surface area contributed by atoms with Gasteiger partial charge in [-0.2, -0.15) is 0 Å². The van der Waals surface area contributed by atoms with Crippen LogP contribution in [0, 0.1) is 11.3 Å². The number of alkyl carbamates (subject to hydrolysis) is 1. The van der Waals surface area contributed by atoms with Gasteiger partial charge in [-0.3, -0.25) is 9.69 Å². The summed E-state index contributed by atoms with van der Waals surface area (Å²) in [4.78, 5) is 40.0. The zero-order chi connectivity index (χ0) is 28.6. The van der Waals surface area contributed by atoms with E-state index in [4.69, 9.17) is 4.74 Å². The number of ether oxygens (including phenoxy) is 1. The lowest BCUT2D eigenvalue weighted by atomic mass is 9.98. The van der Waals surface area contributed by atoms with E-state index in [9.17, 15) is 19.5 Å². The van der Waals surface area contributed by atoms with E-state index >= 15 is 0 Å². The van der Waals surface area contributed by atoms with Crippen LogP contribution in [0.25, 0.3) is 11.1 Å². The summed E-state index contributed by atoms with van der Waals surface area (Å²) in [7, 11) is 1.84. The van der Waals surface area contributed by atoms with Crippen molar-refractivity contribution in [3.8, 4) is 11.1 Å². The van der Waals surface area contributed by atoms with Crippen LogP contribution in [-0.2, 0) is 20.9 Å². The molecule has 6 rings (SSSR count). The minimum atomic E-state index is -1.06. The maximum absolute atomic E-state index is 13.3. The molecule has 2 amide bonds. The summed E-state index contributed by atoms with van der Waals surface area (Å²) in [5, 5.41) is 15.6. The molecule has 0 heterocycles. The lowest BCUT2D eigenvalue weighted by molar-refractivity contribution is -0.143. The van der Waals surface area contributed by atoms with Crippen LogP contribution in [0.15, 0.2) is 78.9 Å². The summed E-state index contributed by atoms with van der Waals surface area (Å²) in [6, 6.07) is 25.0. The fourth-order valence-corrected chi connectivity index (χ4v) is 6.85. The van der Waals surface area contributed by atoms with Crippen LogP contribution >= 0.6 is 0 Å². The SMILES string of the molecule is CN(Cc1ccccc1)CC(NC(=O)[C@@]12C[C@@H](NC(=O)OCC3c4ccccc4-c4ccccc43)C[C@@H]1C2)C(=O)O. The largest absolute Gasteiger partial charge is 0.480 e. The van der Waals surface area contributed by atoms with Gasteiger partial charge in [0.1, 0.15) is 12.6 Å². The first kappa shape index (κ1) is 27.0. The Hall–Kier alpha value is -4.17. The van der Waals surface area contributed by atoms with Gasteiger partial charge in [-0.25, -0.2) is 9.59 Å². The topological polar surface area (TPSA) is 108 Å². The highest BCUT2D eigenvalue weighted by Gasteiger charge is 2.65. The van der Waals surface area contributed by atoms with E-state index in [-0.39, 0.29) is 36.9 Å². The first-order valence-corrected chi connectivity index (χ1v) is 14.2. The number of benzene rings is 3. The zero-order valence-electron chi connectivity index (χ0n) is 23.1. The molecule has 212 valence electrons. The molecule has 3 aliphatic carbocycles. The summed E-state index contributed by atoms with van der Waals surface area (Å²) in [6.45, 7) is 1.01. The molecule has 3 aromatic carbocycles. The third kappa shape index (κ3) is 5.44. The van der Waals surface area contributed by atoms with Gasteiger partial charge in [0, 0.05) is 25.0 Å². The lowest BCUT2D eigenvalue weighted by Gasteiger charge is -2.24. The van der Waals surface area contributed by atoms with Crippen molar-refractivity contribution in [2.24, 2.45) is 11.3 Å². The van der Waals surface area contributed by atoms with Crippen molar-refractivity contribution >= 4 is 18.0 Å². The van der Waals surface area contributed by atoms with Crippen molar-refractivity contribution in [1.82, 2.24) is 15.5 Å². The molecule has 3 N–H and O–H groups in total. The van der Waals surface area contributed by atoms with E-state index in [1.807, 2.05) is 66.5 Å². The number of aliphatic carboxylic acids is 1. The van der Waals surface area contributed by atoms with Crippen LogP contribution in [0.2, 0.25) is 0 Å². The predicted molar refractivity (Wildman–Crippen MR) is 154 cm³/mol. The van der Waals surface area contributed by atoms with E-state index in [1.165, 1.54) is 11.1 Å². The summed E-state index contributed by atoms with van der Waals surface area (Å²) < 4.78 is 5.70. The number of rotatable bonds is 10. The maximum Gasteiger partial charge on any atom is 0.407 e. The number of nitrogens with one attached hydrogen (secondary N) is 2. The smallest absolute Gasteiger partial charge is 0.407 e. The van der Waals surface area contributed by atoms with Gasteiger partial charge in [0.25, 0.3) is 0 Å². The Bertz CT molecular complexity index is 1410. The molecule has 4 atom stereocenters. The Morgan fingerprint density at radius 3 is 2.24 bits per heavy atom. The molecule has 1 unspecified atom stereocenters. The molecule has 2 saturated carbocycles. The van der Waals surface area contributed by atoms with Crippen molar-refractivity contribution in [1.29, 1.82) is 0 Å². The first-order chi connectivity index (χ1) is 19.8. The molecule has 0 aliphatic heterocycles. The van der Waals surface area contributed by atoms with Crippen molar-refractivity contribution in [2.45, 2.75) is 43.8 Å². The number of carbonyl (C=O) groups excluding carboxylic acids is 2. The summed E-state index contributed by atoms with van der Waals surface area (Å²) >= 11 is 0. The monoisotopic (exact) mass is 553 g/mol. The van der Waals surface area contributed by atoms with Gasteiger partial charge in [0.15, 0.2) is 0 Å². The molecule has 3 aliphatic rings. The van der Waals surface area contributed by atoms with E-state index in [0.29, 0.717) is 25.8 Å². The predicted octanol–water partition coefficient (Wildman–Crippen LogP) is 4.40. The van der Waals surface area contributed by atoms with Crippen LogP contribution in [0.5, 0.6) is 0 Å². The Kier molecular flexibility index (Phi) is 7.26. The average molecular weight is 554 g/mol. The Morgan fingerprint density at radius 2 is 1.59 bits per heavy atom. The number of nitrogens with zero attached hydrogens (tertiary/aromatic N) is 1. The maximum atomic E-state index is 13.3. The lowest BCUT2D eigenvalue weighted by Crippen LogP contribution is -2.50. The first-order valence-electron chi connectivity index (χ1n) is 14.2. The Labute approximate surface area is 239 Å². The van der Waals surface area contributed by atoms with Crippen LogP contribution in [0.1, 0.15) is 41.9 Å². The van der Waals surface area contributed by atoms with Crippen molar-refractivity contribution in [2.75, 3.05) is 20.2 Å². The van der Waals surface area contributed by atoms with Crippen LogP contribution < -0.4 is 10.6 Å². The van der Waals surface area contributed by atoms with E-state index < -0.39 is 23.5 Å². The van der Waals surface area contributed by atoms with Crippen molar-refractivity contribution < 1.29 is 24.2 Å². The molecule has 0 radical (unpaired) electrons. The second-order valence-electron chi connectivity index (χ2n) is 11.7. The highest BCUT2D eigenvalue weighted by molar-refractivity contribution is 5.90. The highest BCUT2D eigenvalue weighted by atomic mass is 16.5. The molecule has 0 saturated heterocycles. The second kappa shape index (κ2) is 11.0. The number of likely N-dealkylation sites (N-methyl/N-ethyl adjacent to an activating group) is 1. The minimum absolute atomic E-state index is 0.0183. The van der Waals surface area contributed by atoms with Gasteiger partial charge >= 0.3 is 12.1 Å². The van der Waals surface area contributed by atoms with E-state index in [0.717, 1.165) is 16.7 Å². The third-order valence-electron chi connectivity index (χ3n) is 8.92. The van der Waals surface area contributed by atoms with Gasteiger partial charge < -0.3 is 20.5 Å². The molecule has 0 bridgehead atoms. The highest BCUT2D eigenvalue weighted by Crippen LogP contribution is 2.63. The van der Waals surface area contributed by atoms with Crippen molar-refractivity contribution in [3.63, 3.8) is 0 Å². The number of carboxylic acids is 1. The number of amides is 2. The Morgan fingerprint density at radius 1 is 0.951 bits per heavy atom. The number of carbonyl (C=O) groups is 3. The van der Waals surface area contributed by atoms with Gasteiger partial charge in [0.2, 0.25) is 5.91 Å². The number of hydrogen-bond acceptors (Lipinski definition) is 5. The number of fused-ring (bicyclic) bond motifs is 4. The fourth-order valence-electron chi connectivity index (χ4n) is 6.85. The summed E-state index contributed by atoms with van der Waals surface area (Å²) in [5.74, 6) is -1.17.